The number of hydrogen-bond acceptors (Lipinski definition) is 6. The second kappa shape index (κ2) is 14.5. The topological polar surface area (TPSA) is 132 Å². The largest absolute Gasteiger partial charge is 0.332 e. The second-order valence-corrected chi connectivity index (χ2v) is 13.6. The highest BCUT2D eigenvalue weighted by molar-refractivity contribution is 8.00. The minimum Gasteiger partial charge on any atom is -0.332 e. The van der Waals surface area contributed by atoms with E-state index in [0.717, 1.165) is 67.6 Å². The number of hydrogen-bond donors (Lipinski definition) is 5. The molecule has 10 nitrogen and oxygen atoms in total. The zero-order valence-electron chi connectivity index (χ0n) is 25.4. The molecule has 0 unspecified atom stereocenters. The van der Waals surface area contributed by atoms with Crippen LogP contribution in [-0.4, -0.2) is 76.9 Å². The van der Waals surface area contributed by atoms with Crippen molar-refractivity contribution in [2.75, 3.05) is 29.5 Å². The lowest BCUT2D eigenvalue weighted by atomic mass is 10.0. The fraction of sp³-hybridized carbons (Fsp3) is 0.471. The van der Waals surface area contributed by atoms with E-state index in [1.165, 1.54) is 0 Å². The van der Waals surface area contributed by atoms with Crippen molar-refractivity contribution >= 4 is 59.0 Å². The molecular weight excluding hydrogens is 588 g/mol. The molecule has 5 atom stereocenters. The van der Waals surface area contributed by atoms with Crippen LogP contribution in [0.2, 0.25) is 0 Å². The van der Waals surface area contributed by atoms with Gasteiger partial charge in [0.15, 0.2) is 0 Å². The minimum absolute atomic E-state index is 0.0124. The van der Waals surface area contributed by atoms with Crippen LogP contribution in [0, 0.1) is 0 Å². The molecule has 4 aliphatic heterocycles. The van der Waals surface area contributed by atoms with Crippen molar-refractivity contribution in [3.8, 4) is 0 Å². The average Bonchev–Trinajstić information content (AvgIpc) is 3.86. The summed E-state index contributed by atoms with van der Waals surface area (Å²) in [6.45, 7) is 1.51. The van der Waals surface area contributed by atoms with Crippen LogP contribution in [0.15, 0.2) is 48.5 Å². The molecule has 0 saturated carbocycles. The molecule has 0 aliphatic carbocycles. The fourth-order valence-electron chi connectivity index (χ4n) is 6.66. The van der Waals surface area contributed by atoms with Gasteiger partial charge in [0.1, 0.15) is 6.04 Å². The van der Waals surface area contributed by atoms with Crippen LogP contribution in [-0.2, 0) is 14.4 Å². The van der Waals surface area contributed by atoms with Crippen LogP contribution >= 0.6 is 11.8 Å². The summed E-state index contributed by atoms with van der Waals surface area (Å²) in [5.41, 5.74) is 3.49. The van der Waals surface area contributed by atoms with Crippen molar-refractivity contribution in [2.24, 2.45) is 0 Å². The summed E-state index contributed by atoms with van der Waals surface area (Å²) < 4.78 is 0. The molecule has 2 aromatic carbocycles. The van der Waals surface area contributed by atoms with Gasteiger partial charge < -0.3 is 31.5 Å². The Hall–Kier alpha value is -3.83. The van der Waals surface area contributed by atoms with E-state index in [2.05, 4.69) is 26.6 Å². The molecule has 5 N–H and O–H groups in total. The second-order valence-electron chi connectivity index (χ2n) is 12.3. The SMILES string of the molecule is O=C1N[C@H]2[C@H](CS[C@H]2CCCCC(=O)N2CCC[C@H]2C(=O)Nc2ccc(/C=C/c3ccc(NC(=O)[C@@H]4CCCN4)cc3)cc2)N1. The van der Waals surface area contributed by atoms with Crippen molar-refractivity contribution in [2.45, 2.75) is 80.8 Å². The van der Waals surface area contributed by atoms with Crippen molar-refractivity contribution in [1.82, 2.24) is 20.9 Å². The van der Waals surface area contributed by atoms with Gasteiger partial charge in [-0.2, -0.15) is 11.8 Å². The highest BCUT2D eigenvalue weighted by atomic mass is 32.2. The first-order chi connectivity index (χ1) is 21.9. The lowest BCUT2D eigenvalue weighted by molar-refractivity contribution is -0.136. The quantitative estimate of drug-likeness (QED) is 0.144. The normalized spacial score (nSPS) is 25.6. The number of amides is 5. The van der Waals surface area contributed by atoms with Crippen LogP contribution in [0.4, 0.5) is 16.2 Å². The van der Waals surface area contributed by atoms with Crippen LogP contribution < -0.4 is 26.6 Å². The zero-order valence-corrected chi connectivity index (χ0v) is 26.2. The Kier molecular flexibility index (Phi) is 10.0. The Bertz CT molecular complexity index is 1410. The molecule has 11 heteroatoms. The molecule has 45 heavy (non-hydrogen) atoms. The monoisotopic (exact) mass is 630 g/mol. The maximum atomic E-state index is 13.1. The van der Waals surface area contributed by atoms with Gasteiger partial charge in [0, 0.05) is 35.3 Å². The van der Waals surface area contributed by atoms with E-state index in [1.54, 1.807) is 4.90 Å². The molecule has 0 bridgehead atoms. The number of carbonyl (C=O) groups excluding carboxylic acids is 4. The number of likely N-dealkylation sites (tertiary alicyclic amines) is 1. The first-order valence-electron chi connectivity index (χ1n) is 16.1. The maximum absolute atomic E-state index is 13.1. The Labute approximate surface area is 268 Å². The third-order valence-corrected chi connectivity index (χ3v) is 10.7. The number of carbonyl (C=O) groups is 4. The van der Waals surface area contributed by atoms with Gasteiger partial charge in [-0.05, 0) is 80.5 Å². The number of anilines is 2. The summed E-state index contributed by atoms with van der Waals surface area (Å²) in [6, 6.07) is 15.2. The summed E-state index contributed by atoms with van der Waals surface area (Å²) in [5.74, 6) is 0.853. The number of nitrogens with zero attached hydrogens (tertiary/aromatic N) is 1. The van der Waals surface area contributed by atoms with Crippen LogP contribution in [0.3, 0.4) is 0 Å². The lowest BCUT2D eigenvalue weighted by Gasteiger charge is -2.24. The summed E-state index contributed by atoms with van der Waals surface area (Å²) in [4.78, 5) is 51.8. The van der Waals surface area contributed by atoms with Gasteiger partial charge in [-0.3, -0.25) is 14.4 Å². The number of unbranched alkanes of at least 4 members (excludes halogenated alkanes) is 1. The fourth-order valence-corrected chi connectivity index (χ4v) is 8.20. The van der Waals surface area contributed by atoms with Gasteiger partial charge in [-0.25, -0.2) is 4.79 Å². The van der Waals surface area contributed by atoms with Gasteiger partial charge in [-0.1, -0.05) is 42.8 Å². The number of thioether (sulfide) groups is 1. The third kappa shape index (κ3) is 7.88. The van der Waals surface area contributed by atoms with Crippen molar-refractivity contribution in [3.05, 3.63) is 59.7 Å². The van der Waals surface area contributed by atoms with E-state index in [-0.39, 0.29) is 41.9 Å². The molecule has 0 spiro atoms. The number of benzene rings is 2. The van der Waals surface area contributed by atoms with Crippen molar-refractivity contribution < 1.29 is 19.2 Å². The van der Waals surface area contributed by atoms with Gasteiger partial charge in [-0.15, -0.1) is 0 Å². The summed E-state index contributed by atoms with van der Waals surface area (Å²) in [6.07, 6.45) is 10.5. The number of rotatable bonds is 11. The minimum atomic E-state index is -0.440. The molecule has 4 aliphatic rings. The highest BCUT2D eigenvalue weighted by Crippen LogP contribution is 2.33. The van der Waals surface area contributed by atoms with Gasteiger partial charge in [0.25, 0.3) is 0 Å². The maximum Gasteiger partial charge on any atom is 0.315 e. The molecule has 5 amide bonds. The van der Waals surface area contributed by atoms with Crippen LogP contribution in [0.1, 0.15) is 62.5 Å². The number of urea groups is 1. The van der Waals surface area contributed by atoms with Crippen molar-refractivity contribution in [3.63, 3.8) is 0 Å². The Morgan fingerprint density at radius 1 is 0.867 bits per heavy atom. The molecule has 4 heterocycles. The molecule has 0 aromatic heterocycles. The van der Waals surface area contributed by atoms with E-state index in [0.29, 0.717) is 30.3 Å². The number of fused-ring (bicyclic) bond motifs is 1. The molecular formula is C34H42N6O4S. The standard InChI is InChI=1S/C34H42N6O4S/c41-30(8-2-1-7-29-31-27(21-45-29)38-34(44)39-31)40-20-4-6-28(40)33(43)37-25-17-13-23(14-18-25)10-9-22-11-15-24(16-12-22)36-32(42)26-5-3-19-35-26/h9-18,26-29,31,35H,1-8,19-21H2,(H,36,42)(H,37,43)(H2,38,39,44)/b10-9+/t26-,27-,28-,29-,31-/m0/s1. The molecule has 2 aromatic rings. The Morgan fingerprint density at radius 2 is 1.56 bits per heavy atom. The van der Waals surface area contributed by atoms with Gasteiger partial charge >= 0.3 is 6.03 Å². The van der Waals surface area contributed by atoms with Crippen LogP contribution in [0.5, 0.6) is 0 Å². The lowest BCUT2D eigenvalue weighted by Crippen LogP contribution is -2.43. The average molecular weight is 631 g/mol. The molecule has 238 valence electrons. The Balaban J connectivity index is 0.931. The molecule has 4 saturated heterocycles. The van der Waals surface area contributed by atoms with Gasteiger partial charge in [0.05, 0.1) is 18.1 Å². The first-order valence-corrected chi connectivity index (χ1v) is 17.2. The van der Waals surface area contributed by atoms with Gasteiger partial charge in [0.2, 0.25) is 17.7 Å². The van der Waals surface area contributed by atoms with E-state index < -0.39 is 6.04 Å². The third-order valence-electron chi connectivity index (χ3n) is 9.14. The van der Waals surface area contributed by atoms with E-state index in [4.69, 9.17) is 0 Å². The number of nitrogens with one attached hydrogen (secondary N) is 5. The predicted molar refractivity (Wildman–Crippen MR) is 179 cm³/mol. The van der Waals surface area contributed by atoms with E-state index in [9.17, 15) is 19.2 Å². The van der Waals surface area contributed by atoms with Crippen LogP contribution in [0.25, 0.3) is 12.2 Å². The van der Waals surface area contributed by atoms with Crippen molar-refractivity contribution in [1.29, 1.82) is 0 Å². The van der Waals surface area contributed by atoms with E-state index >= 15 is 0 Å². The zero-order chi connectivity index (χ0) is 31.2. The summed E-state index contributed by atoms with van der Waals surface area (Å²) in [7, 11) is 0. The smallest absolute Gasteiger partial charge is 0.315 e. The molecule has 6 rings (SSSR count). The summed E-state index contributed by atoms with van der Waals surface area (Å²) >= 11 is 1.89. The molecule has 0 radical (unpaired) electrons. The predicted octanol–water partition coefficient (Wildman–Crippen LogP) is 4.20. The summed E-state index contributed by atoms with van der Waals surface area (Å²) in [5, 5.41) is 15.6. The van der Waals surface area contributed by atoms with E-state index in [1.807, 2.05) is 72.4 Å². The Morgan fingerprint density at radius 3 is 2.22 bits per heavy atom. The highest BCUT2D eigenvalue weighted by Gasteiger charge is 2.42. The molecule has 4 fully saturated rings. The first kappa shape index (κ1) is 31.2.